The minimum atomic E-state index is -4.22. The summed E-state index contributed by atoms with van der Waals surface area (Å²) in [7, 11) is 0. The fraction of sp³-hybridized carbons (Fsp3) is 0.385. The van der Waals surface area contributed by atoms with Gasteiger partial charge in [0.15, 0.2) is 0 Å². The lowest BCUT2D eigenvalue weighted by Crippen LogP contribution is -2.14. The predicted octanol–water partition coefficient (Wildman–Crippen LogP) is 3.80. The van der Waals surface area contributed by atoms with E-state index >= 15 is 0 Å². The topological polar surface area (TPSA) is 12.0 Å². The van der Waals surface area contributed by atoms with Crippen LogP contribution in [0.5, 0.6) is 0 Å². The normalized spacial score (nSPS) is 10.9. The van der Waals surface area contributed by atoms with Crippen molar-refractivity contribution in [1.29, 1.82) is 0 Å². The summed E-state index contributed by atoms with van der Waals surface area (Å²) in [5.74, 6) is 5.72. The van der Waals surface area contributed by atoms with Crippen LogP contribution in [0, 0.1) is 11.8 Å². The van der Waals surface area contributed by atoms with E-state index < -0.39 is 5.51 Å². The van der Waals surface area contributed by atoms with Crippen LogP contribution in [-0.2, 0) is 6.54 Å². The Morgan fingerprint density at radius 1 is 1.22 bits per heavy atom. The first-order valence-electron chi connectivity index (χ1n) is 5.46. The lowest BCUT2D eigenvalue weighted by atomic mass is 10.2. The molecule has 98 valence electrons. The van der Waals surface area contributed by atoms with Crippen LogP contribution in [0.4, 0.5) is 13.2 Å². The first-order chi connectivity index (χ1) is 8.51. The van der Waals surface area contributed by atoms with Crippen LogP contribution in [0.3, 0.4) is 0 Å². The third-order valence-corrected chi connectivity index (χ3v) is 2.83. The van der Waals surface area contributed by atoms with Crippen LogP contribution in [-0.4, -0.2) is 12.1 Å². The van der Waals surface area contributed by atoms with E-state index in [2.05, 4.69) is 17.2 Å². The summed E-state index contributed by atoms with van der Waals surface area (Å²) in [6, 6.07) is 6.38. The highest BCUT2D eigenvalue weighted by Gasteiger charge is 2.28. The minimum absolute atomic E-state index is 0.0943. The van der Waals surface area contributed by atoms with Crippen LogP contribution >= 0.6 is 11.8 Å². The van der Waals surface area contributed by atoms with Gasteiger partial charge < -0.3 is 5.32 Å². The Balaban J connectivity index is 2.37. The Morgan fingerprint density at radius 3 is 2.44 bits per heavy atom. The monoisotopic (exact) mass is 273 g/mol. The second kappa shape index (κ2) is 7.34. The molecule has 1 rings (SSSR count). The van der Waals surface area contributed by atoms with Gasteiger partial charge in [0.25, 0.3) is 0 Å². The largest absolute Gasteiger partial charge is 0.446 e. The van der Waals surface area contributed by atoms with Gasteiger partial charge in [-0.25, -0.2) is 0 Å². The quantitative estimate of drug-likeness (QED) is 0.497. The summed E-state index contributed by atoms with van der Waals surface area (Å²) in [5, 5.41) is 3.17. The molecular formula is C13H14F3NS. The van der Waals surface area contributed by atoms with Crippen LogP contribution in [0.1, 0.15) is 18.9 Å². The number of thioether (sulfide) groups is 1. The van der Waals surface area contributed by atoms with Gasteiger partial charge in [-0.15, -0.1) is 11.8 Å². The van der Waals surface area contributed by atoms with Gasteiger partial charge in [0.2, 0.25) is 0 Å². The zero-order valence-electron chi connectivity index (χ0n) is 9.97. The SMILES string of the molecule is CC#CCCNCc1ccc(SC(F)(F)F)cc1. The summed E-state index contributed by atoms with van der Waals surface area (Å²) >= 11 is -0.0943. The molecule has 0 fully saturated rings. The van der Waals surface area contributed by atoms with Gasteiger partial charge in [-0.2, -0.15) is 13.2 Å². The van der Waals surface area contributed by atoms with Crippen molar-refractivity contribution in [2.24, 2.45) is 0 Å². The van der Waals surface area contributed by atoms with Crippen molar-refractivity contribution in [2.75, 3.05) is 6.54 Å². The van der Waals surface area contributed by atoms with E-state index in [1.54, 1.807) is 19.1 Å². The first-order valence-corrected chi connectivity index (χ1v) is 6.28. The molecule has 0 amide bonds. The summed E-state index contributed by atoms with van der Waals surface area (Å²) in [4.78, 5) is 0.211. The van der Waals surface area contributed by atoms with Gasteiger partial charge in [0.05, 0.1) is 0 Å². The second-order valence-corrected chi connectivity index (χ2v) is 4.68. The van der Waals surface area contributed by atoms with Gasteiger partial charge in [-0.05, 0) is 36.4 Å². The Bertz CT molecular complexity index is 415. The second-order valence-electron chi connectivity index (χ2n) is 3.55. The summed E-state index contributed by atoms with van der Waals surface area (Å²) in [5.41, 5.74) is -3.26. The molecule has 0 aromatic heterocycles. The Kier molecular flexibility index (Phi) is 6.10. The molecule has 1 N–H and O–H groups in total. The maximum Gasteiger partial charge on any atom is 0.446 e. The van der Waals surface area contributed by atoms with E-state index in [4.69, 9.17) is 0 Å². The van der Waals surface area contributed by atoms with Crippen LogP contribution in [0.2, 0.25) is 0 Å². The van der Waals surface area contributed by atoms with Crippen molar-refractivity contribution in [3.63, 3.8) is 0 Å². The molecule has 0 saturated heterocycles. The van der Waals surface area contributed by atoms with E-state index in [0.29, 0.717) is 6.54 Å². The van der Waals surface area contributed by atoms with Crippen LogP contribution in [0.25, 0.3) is 0 Å². The van der Waals surface area contributed by atoms with Gasteiger partial charge >= 0.3 is 5.51 Å². The van der Waals surface area contributed by atoms with Crippen molar-refractivity contribution in [3.8, 4) is 11.8 Å². The fourth-order valence-corrected chi connectivity index (χ4v) is 1.86. The lowest BCUT2D eigenvalue weighted by Gasteiger charge is -2.07. The molecule has 0 heterocycles. The van der Waals surface area contributed by atoms with Crippen molar-refractivity contribution in [2.45, 2.75) is 30.3 Å². The Morgan fingerprint density at radius 2 is 1.89 bits per heavy atom. The highest BCUT2D eigenvalue weighted by molar-refractivity contribution is 8.00. The number of hydrogen-bond donors (Lipinski definition) is 1. The first kappa shape index (κ1) is 14.9. The standard InChI is InChI=1S/C13H14F3NS/c1-2-3-4-9-17-10-11-5-7-12(8-6-11)18-13(14,15)16/h5-8,17H,4,9-10H2,1H3. The Hall–Kier alpha value is -1.12. The molecule has 0 unspecified atom stereocenters. The molecule has 0 saturated carbocycles. The molecule has 0 aliphatic heterocycles. The van der Waals surface area contributed by atoms with Gasteiger partial charge in [-0.1, -0.05) is 12.1 Å². The molecule has 1 aromatic rings. The van der Waals surface area contributed by atoms with E-state index in [1.165, 1.54) is 12.1 Å². The van der Waals surface area contributed by atoms with E-state index in [9.17, 15) is 13.2 Å². The van der Waals surface area contributed by atoms with Crippen LogP contribution in [0.15, 0.2) is 29.2 Å². The molecule has 1 nitrogen and oxygen atoms in total. The summed E-state index contributed by atoms with van der Waals surface area (Å²) in [6.07, 6.45) is 0.776. The highest BCUT2D eigenvalue weighted by atomic mass is 32.2. The molecule has 0 aliphatic rings. The molecule has 18 heavy (non-hydrogen) atoms. The maximum atomic E-state index is 12.1. The van der Waals surface area contributed by atoms with E-state index in [1.807, 2.05) is 0 Å². The predicted molar refractivity (Wildman–Crippen MR) is 68.1 cm³/mol. The average molecular weight is 273 g/mol. The van der Waals surface area contributed by atoms with Gasteiger partial charge in [-0.3, -0.25) is 0 Å². The minimum Gasteiger partial charge on any atom is -0.312 e. The molecule has 5 heteroatoms. The molecule has 0 bridgehead atoms. The maximum absolute atomic E-state index is 12.1. The van der Waals surface area contributed by atoms with Crippen molar-refractivity contribution < 1.29 is 13.2 Å². The molecule has 1 aromatic carbocycles. The number of nitrogens with one attached hydrogen (secondary N) is 1. The van der Waals surface area contributed by atoms with E-state index in [0.717, 1.165) is 18.5 Å². The van der Waals surface area contributed by atoms with Gasteiger partial charge in [0, 0.05) is 24.4 Å². The number of rotatable bonds is 5. The van der Waals surface area contributed by atoms with E-state index in [-0.39, 0.29) is 16.7 Å². The number of hydrogen-bond acceptors (Lipinski definition) is 2. The molecule has 0 spiro atoms. The van der Waals surface area contributed by atoms with Crippen molar-refractivity contribution in [1.82, 2.24) is 5.32 Å². The number of benzene rings is 1. The van der Waals surface area contributed by atoms with Crippen molar-refractivity contribution >= 4 is 11.8 Å². The third-order valence-electron chi connectivity index (χ3n) is 2.09. The average Bonchev–Trinajstić information content (AvgIpc) is 2.29. The zero-order chi connectivity index (χ0) is 13.4. The van der Waals surface area contributed by atoms with Crippen molar-refractivity contribution in [3.05, 3.63) is 29.8 Å². The van der Waals surface area contributed by atoms with Crippen LogP contribution < -0.4 is 5.32 Å². The zero-order valence-corrected chi connectivity index (χ0v) is 10.8. The lowest BCUT2D eigenvalue weighted by molar-refractivity contribution is -0.0328. The summed E-state index contributed by atoms with van der Waals surface area (Å²) in [6.45, 7) is 3.21. The third kappa shape index (κ3) is 6.58. The Labute approximate surface area is 109 Å². The molecule has 0 aliphatic carbocycles. The number of alkyl halides is 3. The molecular weight excluding hydrogens is 259 g/mol. The van der Waals surface area contributed by atoms with Gasteiger partial charge in [0.1, 0.15) is 0 Å². The molecule has 0 atom stereocenters. The highest BCUT2D eigenvalue weighted by Crippen LogP contribution is 2.36. The molecule has 0 radical (unpaired) electrons. The smallest absolute Gasteiger partial charge is 0.312 e. The summed E-state index contributed by atoms with van der Waals surface area (Å²) < 4.78 is 36.3. The number of halogens is 3. The fourth-order valence-electron chi connectivity index (χ4n) is 1.32.